The monoisotopic (exact) mass is 612 g/mol. The maximum absolute atomic E-state index is 12.9. The second-order valence-electron chi connectivity index (χ2n) is 12.8. The lowest BCUT2D eigenvalue weighted by Crippen LogP contribution is -2.08. The minimum absolute atomic E-state index is 0.0863. The number of esters is 1. The van der Waals surface area contributed by atoms with Gasteiger partial charge in [-0.15, -0.1) is 0 Å². The summed E-state index contributed by atoms with van der Waals surface area (Å²) < 4.78 is 11.8. The van der Waals surface area contributed by atoms with Crippen molar-refractivity contribution < 1.29 is 14.3 Å². The van der Waals surface area contributed by atoms with Gasteiger partial charge in [-0.25, -0.2) is 4.79 Å². The fourth-order valence-electron chi connectivity index (χ4n) is 6.13. The van der Waals surface area contributed by atoms with Crippen molar-refractivity contribution in [1.82, 2.24) is 0 Å². The van der Waals surface area contributed by atoms with Crippen LogP contribution in [0.2, 0.25) is 0 Å². The summed E-state index contributed by atoms with van der Waals surface area (Å²) in [6.07, 6.45) is 20.8. The highest BCUT2D eigenvalue weighted by atomic mass is 16.5. The Hall–Kier alpha value is -2.91. The molecule has 0 spiro atoms. The van der Waals surface area contributed by atoms with Crippen LogP contribution < -0.4 is 4.74 Å². The molecule has 0 aliphatic heterocycles. The van der Waals surface area contributed by atoms with Crippen LogP contribution in [-0.4, -0.2) is 12.6 Å². The average molecular weight is 613 g/mol. The molecule has 0 aliphatic rings. The molecule has 0 N–H and O–H groups in total. The largest absolute Gasteiger partial charge is 0.423 e. The Kier molecular flexibility index (Phi) is 17.7. The number of carbonyl (C=O) groups excluding carboxylic acids is 1. The highest BCUT2D eigenvalue weighted by molar-refractivity contribution is 5.91. The lowest BCUT2D eigenvalue weighted by Gasteiger charge is -2.17. The number of carbonyl (C=O) groups is 1. The first-order valence-corrected chi connectivity index (χ1v) is 18.2. The smallest absolute Gasteiger partial charge is 0.343 e. The Balaban J connectivity index is 1.45. The molecule has 2 unspecified atom stereocenters. The summed E-state index contributed by atoms with van der Waals surface area (Å²) in [5.41, 5.74) is 5.30. The number of rotatable bonds is 23. The third-order valence-corrected chi connectivity index (χ3v) is 9.06. The van der Waals surface area contributed by atoms with Crippen molar-refractivity contribution in [2.75, 3.05) is 6.61 Å². The molecular weight excluding hydrogens is 552 g/mol. The van der Waals surface area contributed by atoms with Gasteiger partial charge in [0.15, 0.2) is 0 Å². The summed E-state index contributed by atoms with van der Waals surface area (Å²) >= 11 is 0. The number of benzene rings is 3. The van der Waals surface area contributed by atoms with Gasteiger partial charge in [0.2, 0.25) is 0 Å². The van der Waals surface area contributed by atoms with Gasteiger partial charge in [-0.3, -0.25) is 0 Å². The minimum Gasteiger partial charge on any atom is -0.423 e. The molecular formula is C42H60O3. The summed E-state index contributed by atoms with van der Waals surface area (Å²) in [6, 6.07) is 24.5. The quantitative estimate of drug-likeness (QED) is 0.0607. The molecule has 2 atom stereocenters. The Morgan fingerprint density at radius 2 is 1.07 bits per heavy atom. The molecule has 3 heteroatoms. The van der Waals surface area contributed by atoms with E-state index in [1.165, 1.54) is 107 Å². The van der Waals surface area contributed by atoms with Gasteiger partial charge in [0.05, 0.1) is 11.7 Å². The van der Waals surface area contributed by atoms with Crippen molar-refractivity contribution in [3.05, 3.63) is 89.5 Å². The van der Waals surface area contributed by atoms with E-state index in [-0.39, 0.29) is 12.1 Å². The molecule has 0 aliphatic carbocycles. The first kappa shape index (κ1) is 36.6. The SMILES string of the molecule is CCCCCCCCCOC(C)c1ccc(-c2ccc(C(=O)Oc3ccc(C(CCC)CCCCCCCC)cc3)cc2)cc1. The second-order valence-corrected chi connectivity index (χ2v) is 12.8. The van der Waals surface area contributed by atoms with Crippen molar-refractivity contribution in [3.8, 4) is 16.9 Å². The molecule has 0 amide bonds. The summed E-state index contributed by atoms with van der Waals surface area (Å²) in [5.74, 6) is 0.855. The zero-order valence-corrected chi connectivity index (χ0v) is 28.8. The summed E-state index contributed by atoms with van der Waals surface area (Å²) in [5, 5.41) is 0. The molecule has 0 saturated heterocycles. The van der Waals surface area contributed by atoms with Crippen LogP contribution in [0.1, 0.15) is 164 Å². The van der Waals surface area contributed by atoms with E-state index in [0.29, 0.717) is 17.2 Å². The van der Waals surface area contributed by atoms with E-state index in [0.717, 1.165) is 24.2 Å². The molecule has 0 saturated carbocycles. The van der Waals surface area contributed by atoms with Crippen LogP contribution in [0.15, 0.2) is 72.8 Å². The maximum atomic E-state index is 12.9. The highest BCUT2D eigenvalue weighted by Crippen LogP contribution is 2.30. The molecule has 246 valence electrons. The van der Waals surface area contributed by atoms with Crippen LogP contribution >= 0.6 is 0 Å². The van der Waals surface area contributed by atoms with Gasteiger partial charge in [-0.2, -0.15) is 0 Å². The van der Waals surface area contributed by atoms with Gasteiger partial charge in [-0.05, 0) is 78.6 Å². The third-order valence-electron chi connectivity index (χ3n) is 9.06. The molecule has 3 rings (SSSR count). The average Bonchev–Trinajstić information content (AvgIpc) is 3.07. The number of ether oxygens (including phenoxy) is 2. The topological polar surface area (TPSA) is 35.5 Å². The van der Waals surface area contributed by atoms with Gasteiger partial charge in [0.1, 0.15) is 5.75 Å². The lowest BCUT2D eigenvalue weighted by molar-refractivity contribution is 0.0627. The van der Waals surface area contributed by atoms with Crippen molar-refractivity contribution >= 4 is 5.97 Å². The molecule has 45 heavy (non-hydrogen) atoms. The van der Waals surface area contributed by atoms with Gasteiger partial charge >= 0.3 is 5.97 Å². The Bertz CT molecular complexity index is 1180. The van der Waals surface area contributed by atoms with Crippen LogP contribution in [0.4, 0.5) is 0 Å². The van der Waals surface area contributed by atoms with Crippen LogP contribution in [0.5, 0.6) is 5.75 Å². The minimum atomic E-state index is -0.325. The number of unbranched alkanes of at least 4 members (excludes halogenated alkanes) is 11. The van der Waals surface area contributed by atoms with Crippen LogP contribution in [-0.2, 0) is 4.74 Å². The molecule has 3 aromatic carbocycles. The fraction of sp³-hybridized carbons (Fsp3) is 0.548. The standard InChI is InChI=1S/C42H60O3/c1-5-8-10-12-14-16-18-33-44-34(4)35-21-23-37(24-22-35)38-25-27-40(28-26-38)42(43)45-41-31-29-39(30-32-41)36(19-7-3)20-17-15-13-11-9-6-2/h21-32,34,36H,5-20,33H2,1-4H3. The van der Waals surface area contributed by atoms with Crippen molar-refractivity contribution in [1.29, 1.82) is 0 Å². The van der Waals surface area contributed by atoms with E-state index in [4.69, 9.17) is 9.47 Å². The first-order chi connectivity index (χ1) is 22.0. The van der Waals surface area contributed by atoms with Gasteiger partial charge in [0, 0.05) is 6.61 Å². The zero-order valence-electron chi connectivity index (χ0n) is 28.8. The van der Waals surface area contributed by atoms with Crippen LogP contribution in [0, 0.1) is 0 Å². The molecule has 3 aromatic rings. The molecule has 0 heterocycles. The fourth-order valence-corrected chi connectivity index (χ4v) is 6.13. The van der Waals surface area contributed by atoms with E-state index in [1.54, 1.807) is 0 Å². The van der Waals surface area contributed by atoms with E-state index in [2.05, 4.69) is 64.1 Å². The van der Waals surface area contributed by atoms with Gasteiger partial charge in [-0.1, -0.05) is 153 Å². The summed E-state index contributed by atoms with van der Waals surface area (Å²) in [6.45, 7) is 9.74. The molecule has 0 bridgehead atoms. The van der Waals surface area contributed by atoms with Crippen molar-refractivity contribution in [3.63, 3.8) is 0 Å². The normalized spacial score (nSPS) is 12.6. The van der Waals surface area contributed by atoms with E-state index in [1.807, 2.05) is 36.4 Å². The lowest BCUT2D eigenvalue weighted by atomic mass is 9.89. The van der Waals surface area contributed by atoms with E-state index >= 15 is 0 Å². The predicted octanol–water partition coefficient (Wildman–Crippen LogP) is 13.0. The van der Waals surface area contributed by atoms with E-state index in [9.17, 15) is 4.79 Å². The molecule has 0 radical (unpaired) electrons. The van der Waals surface area contributed by atoms with Crippen LogP contribution in [0.3, 0.4) is 0 Å². The van der Waals surface area contributed by atoms with Gasteiger partial charge in [0.25, 0.3) is 0 Å². The van der Waals surface area contributed by atoms with Crippen molar-refractivity contribution in [2.45, 2.75) is 142 Å². The highest BCUT2D eigenvalue weighted by Gasteiger charge is 2.13. The Morgan fingerprint density at radius 3 is 1.64 bits per heavy atom. The maximum Gasteiger partial charge on any atom is 0.343 e. The number of hydrogen-bond acceptors (Lipinski definition) is 3. The predicted molar refractivity (Wildman–Crippen MR) is 191 cm³/mol. The van der Waals surface area contributed by atoms with Crippen molar-refractivity contribution in [2.24, 2.45) is 0 Å². The zero-order chi connectivity index (χ0) is 32.1. The van der Waals surface area contributed by atoms with Crippen LogP contribution in [0.25, 0.3) is 11.1 Å². The molecule has 0 aromatic heterocycles. The molecule has 0 fully saturated rings. The Labute approximate surface area is 275 Å². The van der Waals surface area contributed by atoms with E-state index < -0.39 is 0 Å². The third kappa shape index (κ3) is 13.5. The summed E-state index contributed by atoms with van der Waals surface area (Å²) in [7, 11) is 0. The summed E-state index contributed by atoms with van der Waals surface area (Å²) in [4.78, 5) is 12.9. The number of hydrogen-bond donors (Lipinski definition) is 0. The van der Waals surface area contributed by atoms with Gasteiger partial charge < -0.3 is 9.47 Å². The Morgan fingerprint density at radius 1 is 0.556 bits per heavy atom. The second kappa shape index (κ2) is 21.8. The molecule has 3 nitrogen and oxygen atoms in total. The first-order valence-electron chi connectivity index (χ1n) is 18.2.